The first-order valence-electron chi connectivity index (χ1n) is 12.0. The molecule has 5 rings (SSSR count). The van der Waals surface area contributed by atoms with Gasteiger partial charge in [-0.25, -0.2) is 0 Å². The van der Waals surface area contributed by atoms with Gasteiger partial charge in [0.25, 0.3) is 0 Å². The molecule has 1 atom stereocenters. The SMILES string of the molecule is C[C@H](C1=C(CP(c2ccccc2)c2ccccc2)C=CC1)P(c1ccccc1)c1ccccc1. The van der Waals surface area contributed by atoms with Gasteiger partial charge in [-0.05, 0) is 49.1 Å². The van der Waals surface area contributed by atoms with E-state index in [4.69, 9.17) is 0 Å². The predicted octanol–water partition coefficient (Wildman–Crippen LogP) is 6.90. The summed E-state index contributed by atoms with van der Waals surface area (Å²) in [4.78, 5) is 0. The molecule has 2 heteroatoms. The van der Waals surface area contributed by atoms with Crippen LogP contribution in [0.1, 0.15) is 13.3 Å². The summed E-state index contributed by atoms with van der Waals surface area (Å²) in [7, 11) is -0.917. The average molecular weight is 477 g/mol. The molecule has 0 radical (unpaired) electrons. The molecule has 0 heterocycles. The Hall–Kier alpha value is -2.78. The molecular formula is C32H30P2. The van der Waals surface area contributed by atoms with E-state index in [1.54, 1.807) is 11.1 Å². The van der Waals surface area contributed by atoms with Crippen molar-refractivity contribution in [3.8, 4) is 0 Å². The minimum absolute atomic E-state index is 0.443. The van der Waals surface area contributed by atoms with Gasteiger partial charge in [0, 0.05) is 11.8 Å². The molecule has 0 saturated carbocycles. The second-order valence-electron chi connectivity index (χ2n) is 8.63. The molecule has 0 fully saturated rings. The fourth-order valence-electron chi connectivity index (χ4n) is 4.81. The van der Waals surface area contributed by atoms with E-state index in [1.165, 1.54) is 21.2 Å². The van der Waals surface area contributed by atoms with Crippen molar-refractivity contribution in [1.82, 2.24) is 0 Å². The maximum atomic E-state index is 2.46. The molecule has 0 aliphatic heterocycles. The first-order chi connectivity index (χ1) is 16.8. The van der Waals surface area contributed by atoms with Crippen LogP contribution in [-0.2, 0) is 0 Å². The Balaban J connectivity index is 1.53. The second kappa shape index (κ2) is 11.1. The molecular weight excluding hydrogens is 446 g/mol. The van der Waals surface area contributed by atoms with Gasteiger partial charge in [-0.1, -0.05) is 146 Å². The highest BCUT2D eigenvalue weighted by atomic mass is 31.1. The molecule has 0 spiro atoms. The fraction of sp³-hybridized carbons (Fsp3) is 0.125. The summed E-state index contributed by atoms with van der Waals surface area (Å²) < 4.78 is 0. The highest BCUT2D eigenvalue weighted by Crippen LogP contribution is 2.47. The number of rotatable bonds is 8. The monoisotopic (exact) mass is 476 g/mol. The zero-order chi connectivity index (χ0) is 23.2. The summed E-state index contributed by atoms with van der Waals surface area (Å²) in [6.07, 6.45) is 6.97. The van der Waals surface area contributed by atoms with Crippen LogP contribution in [0.2, 0.25) is 0 Å². The van der Waals surface area contributed by atoms with Crippen LogP contribution < -0.4 is 21.2 Å². The maximum absolute atomic E-state index is 2.46. The smallest absolute Gasteiger partial charge is 0.00616 e. The quantitative estimate of drug-likeness (QED) is 0.243. The molecule has 0 nitrogen and oxygen atoms in total. The standard InChI is InChI=1S/C32H30P2/c1-26(34(30-20-10-4-11-21-30)31-22-12-5-13-23-31)32-24-14-15-27(32)25-33(28-16-6-2-7-17-28)29-18-8-3-9-19-29/h2-23,26H,24-25H2,1H3/t26-/m1/s1. The van der Waals surface area contributed by atoms with Gasteiger partial charge >= 0.3 is 0 Å². The normalized spacial score (nSPS) is 14.2. The van der Waals surface area contributed by atoms with Crippen molar-refractivity contribution in [3.63, 3.8) is 0 Å². The first-order valence-corrected chi connectivity index (χ1v) is 14.9. The van der Waals surface area contributed by atoms with E-state index in [2.05, 4.69) is 140 Å². The van der Waals surface area contributed by atoms with E-state index in [9.17, 15) is 0 Å². The average Bonchev–Trinajstić information content (AvgIpc) is 3.38. The van der Waals surface area contributed by atoms with E-state index < -0.39 is 15.8 Å². The van der Waals surface area contributed by atoms with Gasteiger partial charge in [0.1, 0.15) is 0 Å². The molecule has 0 saturated heterocycles. The molecule has 34 heavy (non-hydrogen) atoms. The lowest BCUT2D eigenvalue weighted by Gasteiger charge is -2.29. The van der Waals surface area contributed by atoms with Crippen molar-refractivity contribution in [3.05, 3.63) is 145 Å². The van der Waals surface area contributed by atoms with Crippen LogP contribution >= 0.6 is 15.8 Å². The van der Waals surface area contributed by atoms with Crippen LogP contribution in [0.5, 0.6) is 0 Å². The number of hydrogen-bond acceptors (Lipinski definition) is 0. The van der Waals surface area contributed by atoms with E-state index >= 15 is 0 Å². The minimum atomic E-state index is -0.474. The Morgan fingerprint density at radius 2 is 1.00 bits per heavy atom. The summed E-state index contributed by atoms with van der Waals surface area (Å²) in [5.74, 6) is 0. The van der Waals surface area contributed by atoms with E-state index in [0.717, 1.165) is 12.6 Å². The van der Waals surface area contributed by atoms with Gasteiger partial charge in [0.05, 0.1) is 0 Å². The number of benzene rings is 4. The largest absolute Gasteiger partial charge is 0.0801 e. The van der Waals surface area contributed by atoms with Crippen LogP contribution in [0.25, 0.3) is 0 Å². The number of allylic oxidation sites excluding steroid dienone is 4. The van der Waals surface area contributed by atoms with Gasteiger partial charge < -0.3 is 0 Å². The highest BCUT2D eigenvalue weighted by Gasteiger charge is 2.28. The van der Waals surface area contributed by atoms with Crippen molar-refractivity contribution in [2.24, 2.45) is 0 Å². The third-order valence-corrected chi connectivity index (χ3v) is 11.8. The Labute approximate surface area is 206 Å². The summed E-state index contributed by atoms with van der Waals surface area (Å²) in [6, 6.07) is 44.5. The van der Waals surface area contributed by atoms with Crippen molar-refractivity contribution < 1.29 is 0 Å². The Kier molecular flexibility index (Phi) is 7.50. The van der Waals surface area contributed by atoms with E-state index in [1.807, 2.05) is 0 Å². The van der Waals surface area contributed by atoms with Crippen LogP contribution in [0.15, 0.2) is 145 Å². The van der Waals surface area contributed by atoms with Gasteiger partial charge in [0.2, 0.25) is 0 Å². The van der Waals surface area contributed by atoms with Gasteiger partial charge in [-0.15, -0.1) is 0 Å². The Morgan fingerprint density at radius 3 is 1.44 bits per heavy atom. The van der Waals surface area contributed by atoms with Crippen LogP contribution in [0.4, 0.5) is 0 Å². The van der Waals surface area contributed by atoms with Crippen molar-refractivity contribution in [1.29, 1.82) is 0 Å². The first kappa shape index (κ1) is 23.0. The van der Waals surface area contributed by atoms with Gasteiger partial charge in [0.15, 0.2) is 0 Å². The molecule has 0 unspecified atom stereocenters. The molecule has 1 aliphatic carbocycles. The summed E-state index contributed by atoms with van der Waals surface area (Å²) in [5, 5.41) is 5.83. The van der Waals surface area contributed by atoms with Crippen molar-refractivity contribution in [2.45, 2.75) is 19.0 Å². The van der Waals surface area contributed by atoms with Gasteiger partial charge in [-0.2, -0.15) is 0 Å². The molecule has 0 aromatic heterocycles. The van der Waals surface area contributed by atoms with E-state index in [-0.39, 0.29) is 0 Å². The molecule has 168 valence electrons. The molecule has 1 aliphatic rings. The molecule has 4 aromatic carbocycles. The summed E-state index contributed by atoms with van der Waals surface area (Å²) in [6.45, 7) is 2.46. The molecule has 0 amide bonds. The lowest BCUT2D eigenvalue weighted by molar-refractivity contribution is 1.04. The lowest BCUT2D eigenvalue weighted by Crippen LogP contribution is -2.22. The van der Waals surface area contributed by atoms with Crippen LogP contribution in [0, 0.1) is 0 Å². The molecule has 4 aromatic rings. The van der Waals surface area contributed by atoms with E-state index in [0.29, 0.717) is 5.66 Å². The third kappa shape index (κ3) is 5.15. The molecule has 0 N–H and O–H groups in total. The second-order valence-corrected chi connectivity index (χ2v) is 13.4. The minimum Gasteiger partial charge on any atom is -0.0801 e. The Bertz CT molecular complexity index is 1170. The van der Waals surface area contributed by atoms with Crippen LogP contribution in [-0.4, -0.2) is 11.8 Å². The highest BCUT2D eigenvalue weighted by molar-refractivity contribution is 7.74. The van der Waals surface area contributed by atoms with Crippen molar-refractivity contribution in [2.75, 3.05) is 6.16 Å². The number of hydrogen-bond donors (Lipinski definition) is 0. The van der Waals surface area contributed by atoms with Gasteiger partial charge in [-0.3, -0.25) is 0 Å². The topological polar surface area (TPSA) is 0 Å². The van der Waals surface area contributed by atoms with Crippen molar-refractivity contribution >= 4 is 37.1 Å². The fourth-order valence-corrected chi connectivity index (χ4v) is 9.95. The Morgan fingerprint density at radius 1 is 0.588 bits per heavy atom. The zero-order valence-corrected chi connectivity index (χ0v) is 21.4. The maximum Gasteiger partial charge on any atom is 0.00616 e. The summed E-state index contributed by atoms with van der Waals surface area (Å²) >= 11 is 0. The molecule has 0 bridgehead atoms. The zero-order valence-electron chi connectivity index (χ0n) is 19.6. The summed E-state index contributed by atoms with van der Waals surface area (Å²) in [5.41, 5.74) is 3.66. The predicted molar refractivity (Wildman–Crippen MR) is 153 cm³/mol. The lowest BCUT2D eigenvalue weighted by atomic mass is 10.1. The third-order valence-electron chi connectivity index (χ3n) is 6.49. The van der Waals surface area contributed by atoms with Crippen LogP contribution in [0.3, 0.4) is 0 Å².